The summed E-state index contributed by atoms with van der Waals surface area (Å²) in [6.07, 6.45) is 0.737. The van der Waals surface area contributed by atoms with Crippen molar-refractivity contribution in [2.24, 2.45) is 0 Å². The van der Waals surface area contributed by atoms with Gasteiger partial charge >= 0.3 is 5.97 Å². The summed E-state index contributed by atoms with van der Waals surface area (Å²) in [6, 6.07) is 4.41. The number of ether oxygens (including phenoxy) is 1. The molecule has 112 valence electrons. The molecule has 0 radical (unpaired) electrons. The Labute approximate surface area is 121 Å². The molecule has 8 nitrogen and oxygen atoms in total. The van der Waals surface area contributed by atoms with Crippen LogP contribution in [0, 0.1) is 11.3 Å². The number of carboxylic acids is 1. The van der Waals surface area contributed by atoms with Gasteiger partial charge in [-0.15, -0.1) is 0 Å². The molecule has 2 atom stereocenters. The lowest BCUT2D eigenvalue weighted by molar-refractivity contribution is -0.149. The van der Waals surface area contributed by atoms with Gasteiger partial charge in [0.05, 0.1) is 6.10 Å². The van der Waals surface area contributed by atoms with Crippen molar-refractivity contribution in [2.45, 2.75) is 29.9 Å². The molecule has 21 heavy (non-hydrogen) atoms. The summed E-state index contributed by atoms with van der Waals surface area (Å²) in [5.74, 6) is -1.06. The number of nitrogens with zero attached hydrogens (tertiary/aromatic N) is 2. The summed E-state index contributed by atoms with van der Waals surface area (Å²) >= 11 is 0. The van der Waals surface area contributed by atoms with Crippen LogP contribution in [0.1, 0.15) is 18.5 Å². The van der Waals surface area contributed by atoms with E-state index in [1.807, 2.05) is 0 Å². The number of nitriles is 1. The van der Waals surface area contributed by atoms with Crippen LogP contribution in [0.15, 0.2) is 23.2 Å². The highest BCUT2D eigenvalue weighted by Crippen LogP contribution is 2.20. The number of sulfonamides is 1. The first-order chi connectivity index (χ1) is 9.94. The Bertz CT molecular complexity index is 682. The van der Waals surface area contributed by atoms with E-state index in [0.717, 1.165) is 0 Å². The first kappa shape index (κ1) is 15.4. The van der Waals surface area contributed by atoms with Gasteiger partial charge in [0, 0.05) is 12.7 Å². The van der Waals surface area contributed by atoms with Gasteiger partial charge in [0.15, 0.2) is 11.8 Å². The van der Waals surface area contributed by atoms with Gasteiger partial charge in [0.25, 0.3) is 0 Å². The maximum atomic E-state index is 12.1. The summed E-state index contributed by atoms with van der Waals surface area (Å²) in [4.78, 5) is 14.2. The Morgan fingerprint density at radius 1 is 1.57 bits per heavy atom. The fourth-order valence-electron chi connectivity index (χ4n) is 2.01. The molecule has 0 spiro atoms. The van der Waals surface area contributed by atoms with Crippen LogP contribution in [-0.4, -0.2) is 43.2 Å². The number of nitrogens with one attached hydrogen (secondary N) is 1. The Kier molecular flexibility index (Phi) is 4.52. The minimum absolute atomic E-state index is 0.0497. The predicted molar refractivity (Wildman–Crippen MR) is 69.7 cm³/mol. The average Bonchev–Trinajstić information content (AvgIpc) is 2.94. The molecule has 9 heteroatoms. The van der Waals surface area contributed by atoms with E-state index >= 15 is 0 Å². The summed E-state index contributed by atoms with van der Waals surface area (Å²) < 4.78 is 31.7. The molecule has 0 amide bonds. The van der Waals surface area contributed by atoms with Crippen molar-refractivity contribution < 1.29 is 23.1 Å². The molecule has 0 aromatic carbocycles. The molecule has 1 aromatic rings. The molecule has 1 saturated heterocycles. The molecule has 1 fully saturated rings. The number of hydrogen-bond donors (Lipinski definition) is 2. The molecule has 0 saturated carbocycles. The fraction of sp³-hybridized carbons (Fsp3) is 0.417. The van der Waals surface area contributed by atoms with Gasteiger partial charge < -0.3 is 9.84 Å². The minimum atomic E-state index is -3.89. The van der Waals surface area contributed by atoms with Crippen molar-refractivity contribution in [2.75, 3.05) is 6.54 Å². The second kappa shape index (κ2) is 6.17. The highest BCUT2D eigenvalue weighted by atomic mass is 32.2. The maximum Gasteiger partial charge on any atom is 0.332 e. The topological polar surface area (TPSA) is 129 Å². The first-order valence-corrected chi connectivity index (χ1v) is 7.65. The molecule has 2 heterocycles. The van der Waals surface area contributed by atoms with E-state index in [9.17, 15) is 13.2 Å². The zero-order chi connectivity index (χ0) is 15.5. The van der Waals surface area contributed by atoms with Crippen LogP contribution in [0.25, 0.3) is 0 Å². The third-order valence-corrected chi connectivity index (χ3v) is 4.51. The summed E-state index contributed by atoms with van der Waals surface area (Å²) in [7, 11) is -3.89. The van der Waals surface area contributed by atoms with Crippen molar-refractivity contribution in [1.29, 1.82) is 5.26 Å². The normalized spacial score (nSPS) is 21.9. The number of carbonyl (C=O) groups is 1. The van der Waals surface area contributed by atoms with E-state index < -0.39 is 28.2 Å². The Morgan fingerprint density at radius 2 is 2.33 bits per heavy atom. The molecular formula is C12H13N3O5S. The van der Waals surface area contributed by atoms with Crippen molar-refractivity contribution in [3.63, 3.8) is 0 Å². The van der Waals surface area contributed by atoms with Gasteiger partial charge in [-0.05, 0) is 25.0 Å². The second-order valence-corrected chi connectivity index (χ2v) is 6.21. The number of carboxylic acid groups (broad SMARTS) is 1. The van der Waals surface area contributed by atoms with Crippen molar-refractivity contribution >= 4 is 16.0 Å². The van der Waals surface area contributed by atoms with Gasteiger partial charge in [0.2, 0.25) is 10.0 Å². The standard InChI is InChI=1S/C12H13N3O5S/c13-6-9-11(2-1-5-14-9)21(18,19)15-7-8-3-4-10(20-8)12(16)17/h1-2,5,8,10,15H,3-4,7H2,(H,16,17). The van der Waals surface area contributed by atoms with Crippen LogP contribution < -0.4 is 4.72 Å². The second-order valence-electron chi connectivity index (χ2n) is 4.48. The van der Waals surface area contributed by atoms with Crippen LogP contribution in [-0.2, 0) is 19.6 Å². The molecule has 0 bridgehead atoms. The summed E-state index contributed by atoms with van der Waals surface area (Å²) in [5.41, 5.74) is -0.194. The van der Waals surface area contributed by atoms with Crippen molar-refractivity contribution in [3.8, 4) is 6.07 Å². The van der Waals surface area contributed by atoms with Gasteiger partial charge in [-0.25, -0.2) is 22.9 Å². The van der Waals surface area contributed by atoms with Crippen molar-refractivity contribution in [3.05, 3.63) is 24.0 Å². The fourth-order valence-corrected chi connectivity index (χ4v) is 3.18. The quantitative estimate of drug-likeness (QED) is 0.774. The lowest BCUT2D eigenvalue weighted by Gasteiger charge is -2.13. The van der Waals surface area contributed by atoms with E-state index in [1.54, 1.807) is 6.07 Å². The van der Waals surface area contributed by atoms with Crippen LogP contribution in [0.3, 0.4) is 0 Å². The molecule has 1 aliphatic rings. The molecular weight excluding hydrogens is 298 g/mol. The highest BCUT2D eigenvalue weighted by molar-refractivity contribution is 7.89. The number of rotatable bonds is 5. The van der Waals surface area contributed by atoms with Gasteiger partial charge in [-0.2, -0.15) is 5.26 Å². The van der Waals surface area contributed by atoms with Crippen LogP contribution in [0.5, 0.6) is 0 Å². The highest BCUT2D eigenvalue weighted by Gasteiger charge is 2.31. The largest absolute Gasteiger partial charge is 0.479 e. The monoisotopic (exact) mass is 311 g/mol. The molecule has 0 aliphatic carbocycles. The maximum absolute atomic E-state index is 12.1. The van der Waals surface area contributed by atoms with Gasteiger partial charge in [-0.1, -0.05) is 0 Å². The number of pyridine rings is 1. The molecule has 2 unspecified atom stereocenters. The zero-order valence-corrected chi connectivity index (χ0v) is 11.7. The zero-order valence-electron chi connectivity index (χ0n) is 10.9. The average molecular weight is 311 g/mol. The SMILES string of the molecule is N#Cc1ncccc1S(=O)(=O)NCC1CCC(C(=O)O)O1. The molecule has 2 rings (SSSR count). The third kappa shape index (κ3) is 3.55. The Hall–Kier alpha value is -2.02. The minimum Gasteiger partial charge on any atom is -0.479 e. The van der Waals surface area contributed by atoms with Gasteiger partial charge in [0.1, 0.15) is 11.0 Å². The molecule has 1 aromatic heterocycles. The number of aromatic nitrogens is 1. The Balaban J connectivity index is 2.03. The van der Waals surface area contributed by atoms with E-state index in [2.05, 4.69) is 9.71 Å². The third-order valence-electron chi connectivity index (χ3n) is 3.05. The number of aliphatic carboxylic acids is 1. The van der Waals surface area contributed by atoms with Gasteiger partial charge in [-0.3, -0.25) is 0 Å². The summed E-state index contributed by atoms with van der Waals surface area (Å²) in [6.45, 7) is -0.0497. The van der Waals surface area contributed by atoms with Crippen LogP contribution >= 0.6 is 0 Å². The van der Waals surface area contributed by atoms with Crippen LogP contribution in [0.2, 0.25) is 0 Å². The first-order valence-electron chi connectivity index (χ1n) is 6.17. The van der Waals surface area contributed by atoms with E-state index in [-0.39, 0.29) is 17.1 Å². The smallest absolute Gasteiger partial charge is 0.332 e. The Morgan fingerprint density at radius 3 is 2.95 bits per heavy atom. The summed E-state index contributed by atoms with van der Waals surface area (Å²) in [5, 5.41) is 17.7. The van der Waals surface area contributed by atoms with E-state index in [4.69, 9.17) is 15.1 Å². The van der Waals surface area contributed by atoms with Crippen molar-refractivity contribution in [1.82, 2.24) is 9.71 Å². The predicted octanol–water partition coefficient (Wildman–Crippen LogP) is -0.136. The van der Waals surface area contributed by atoms with E-state index in [1.165, 1.54) is 18.3 Å². The molecule has 1 aliphatic heterocycles. The lowest BCUT2D eigenvalue weighted by atomic mass is 10.2. The molecule has 2 N–H and O–H groups in total. The lowest BCUT2D eigenvalue weighted by Crippen LogP contribution is -2.33. The van der Waals surface area contributed by atoms with E-state index in [0.29, 0.717) is 12.8 Å². The van der Waals surface area contributed by atoms with Crippen LogP contribution in [0.4, 0.5) is 0 Å². The number of hydrogen-bond acceptors (Lipinski definition) is 6.